The third kappa shape index (κ3) is 4.66. The predicted molar refractivity (Wildman–Crippen MR) is 116 cm³/mol. The van der Waals surface area contributed by atoms with Crippen LogP contribution in [0.2, 0.25) is 0 Å². The molecule has 0 saturated carbocycles. The highest BCUT2D eigenvalue weighted by Gasteiger charge is 2.26. The van der Waals surface area contributed by atoms with E-state index in [1.807, 2.05) is 54.6 Å². The summed E-state index contributed by atoms with van der Waals surface area (Å²) in [5.74, 6) is 0.808. The average Bonchev–Trinajstić information content (AvgIpc) is 3.23. The molecule has 4 rings (SSSR count). The zero-order chi connectivity index (χ0) is 20.1. The van der Waals surface area contributed by atoms with Gasteiger partial charge in [0.15, 0.2) is 0 Å². The van der Waals surface area contributed by atoms with Crippen molar-refractivity contribution in [3.63, 3.8) is 0 Å². The Hall–Kier alpha value is -3.11. The molecular formula is C25H26N2O2. The van der Waals surface area contributed by atoms with E-state index in [0.717, 1.165) is 24.5 Å². The zero-order valence-corrected chi connectivity index (χ0v) is 16.7. The van der Waals surface area contributed by atoms with Gasteiger partial charge < -0.3 is 10.1 Å². The van der Waals surface area contributed by atoms with Gasteiger partial charge in [0.25, 0.3) is 5.91 Å². The number of ether oxygens (including phenoxy) is 1. The van der Waals surface area contributed by atoms with Gasteiger partial charge in [-0.2, -0.15) is 0 Å². The van der Waals surface area contributed by atoms with Crippen LogP contribution in [0.1, 0.15) is 40.4 Å². The minimum Gasteiger partial charge on any atom is -0.497 e. The maximum Gasteiger partial charge on any atom is 0.255 e. The summed E-state index contributed by atoms with van der Waals surface area (Å²) in [6, 6.07) is 26.3. The highest BCUT2D eigenvalue weighted by molar-refractivity contribution is 6.04. The highest BCUT2D eigenvalue weighted by Crippen LogP contribution is 2.33. The van der Waals surface area contributed by atoms with Gasteiger partial charge in [0, 0.05) is 23.8 Å². The molecular weight excluding hydrogens is 360 g/mol. The summed E-state index contributed by atoms with van der Waals surface area (Å²) in [7, 11) is 1.70. The number of carbonyl (C=O) groups is 1. The standard InChI is InChI=1S/C25H26N2O2/c1-29-23-15-13-20(14-16-23)24-8-5-17-27(24)18-19-9-11-21(12-10-19)25(28)26-22-6-3-2-4-7-22/h2-4,6-7,9-16,24H,5,8,17-18H2,1H3,(H,26,28). The van der Waals surface area contributed by atoms with E-state index in [9.17, 15) is 4.79 Å². The van der Waals surface area contributed by atoms with E-state index in [1.165, 1.54) is 24.0 Å². The molecule has 1 unspecified atom stereocenters. The summed E-state index contributed by atoms with van der Waals surface area (Å²) >= 11 is 0. The second kappa shape index (κ2) is 8.93. The van der Waals surface area contributed by atoms with Crippen molar-refractivity contribution in [3.8, 4) is 5.75 Å². The molecule has 1 fully saturated rings. The third-order valence-corrected chi connectivity index (χ3v) is 5.50. The van der Waals surface area contributed by atoms with Gasteiger partial charge in [-0.05, 0) is 66.9 Å². The van der Waals surface area contributed by atoms with Crippen molar-refractivity contribution in [1.82, 2.24) is 4.90 Å². The van der Waals surface area contributed by atoms with Crippen molar-refractivity contribution in [3.05, 3.63) is 95.6 Å². The molecule has 1 saturated heterocycles. The van der Waals surface area contributed by atoms with E-state index in [0.29, 0.717) is 11.6 Å². The summed E-state index contributed by atoms with van der Waals surface area (Å²) in [5, 5.41) is 2.93. The van der Waals surface area contributed by atoms with E-state index in [2.05, 4.69) is 34.5 Å². The first-order valence-corrected chi connectivity index (χ1v) is 10.1. The molecule has 3 aromatic carbocycles. The van der Waals surface area contributed by atoms with Crippen molar-refractivity contribution >= 4 is 11.6 Å². The minimum absolute atomic E-state index is 0.0833. The Labute approximate surface area is 172 Å². The van der Waals surface area contributed by atoms with Crippen molar-refractivity contribution in [2.45, 2.75) is 25.4 Å². The van der Waals surface area contributed by atoms with Crippen LogP contribution in [0.3, 0.4) is 0 Å². The van der Waals surface area contributed by atoms with Crippen LogP contribution >= 0.6 is 0 Å². The molecule has 1 aliphatic heterocycles. The molecule has 29 heavy (non-hydrogen) atoms. The van der Waals surface area contributed by atoms with Gasteiger partial charge in [-0.25, -0.2) is 0 Å². The Kier molecular flexibility index (Phi) is 5.92. The Balaban J connectivity index is 1.40. The molecule has 1 heterocycles. The van der Waals surface area contributed by atoms with Gasteiger partial charge >= 0.3 is 0 Å². The third-order valence-electron chi connectivity index (χ3n) is 5.50. The second-order valence-corrected chi connectivity index (χ2v) is 7.42. The molecule has 1 aliphatic rings. The molecule has 0 aliphatic carbocycles. The van der Waals surface area contributed by atoms with Crippen LogP contribution in [0.4, 0.5) is 5.69 Å². The monoisotopic (exact) mass is 386 g/mol. The Morgan fingerprint density at radius 1 is 1.00 bits per heavy atom. The van der Waals surface area contributed by atoms with Crippen LogP contribution in [0.5, 0.6) is 5.75 Å². The molecule has 1 N–H and O–H groups in total. The number of methoxy groups -OCH3 is 1. The molecule has 3 aromatic rings. The highest BCUT2D eigenvalue weighted by atomic mass is 16.5. The number of likely N-dealkylation sites (tertiary alicyclic amines) is 1. The van der Waals surface area contributed by atoms with Gasteiger partial charge in [-0.15, -0.1) is 0 Å². The number of hydrogen-bond acceptors (Lipinski definition) is 3. The van der Waals surface area contributed by atoms with Gasteiger partial charge in [-0.1, -0.05) is 42.5 Å². The summed E-state index contributed by atoms with van der Waals surface area (Å²) in [6.07, 6.45) is 2.37. The largest absolute Gasteiger partial charge is 0.497 e. The maximum atomic E-state index is 12.4. The predicted octanol–water partition coefficient (Wildman–Crippen LogP) is 5.28. The number of anilines is 1. The van der Waals surface area contributed by atoms with Gasteiger partial charge in [0.2, 0.25) is 0 Å². The maximum absolute atomic E-state index is 12.4. The molecule has 1 amide bonds. The van der Waals surface area contributed by atoms with Crippen LogP contribution in [-0.2, 0) is 6.54 Å². The van der Waals surface area contributed by atoms with E-state index in [1.54, 1.807) is 7.11 Å². The molecule has 1 atom stereocenters. The Morgan fingerprint density at radius 3 is 2.41 bits per heavy atom. The van der Waals surface area contributed by atoms with Gasteiger partial charge in [0.05, 0.1) is 7.11 Å². The van der Waals surface area contributed by atoms with Crippen LogP contribution < -0.4 is 10.1 Å². The lowest BCUT2D eigenvalue weighted by atomic mass is 10.0. The first-order valence-electron chi connectivity index (χ1n) is 10.1. The molecule has 4 heteroatoms. The molecule has 0 aromatic heterocycles. The normalized spacial score (nSPS) is 16.5. The van der Waals surface area contributed by atoms with Crippen molar-refractivity contribution in [2.75, 3.05) is 19.0 Å². The first kappa shape index (κ1) is 19.2. The van der Waals surface area contributed by atoms with Crippen LogP contribution in [0, 0.1) is 0 Å². The molecule has 4 nitrogen and oxygen atoms in total. The fourth-order valence-electron chi connectivity index (χ4n) is 3.94. The number of nitrogens with zero attached hydrogens (tertiary/aromatic N) is 1. The number of carbonyl (C=O) groups excluding carboxylic acids is 1. The molecule has 148 valence electrons. The summed E-state index contributed by atoms with van der Waals surface area (Å²) in [5.41, 5.74) is 4.04. The lowest BCUT2D eigenvalue weighted by molar-refractivity contribution is 0.102. The van der Waals surface area contributed by atoms with Crippen LogP contribution in [0.15, 0.2) is 78.9 Å². The van der Waals surface area contributed by atoms with Crippen molar-refractivity contribution < 1.29 is 9.53 Å². The fourth-order valence-corrected chi connectivity index (χ4v) is 3.94. The van der Waals surface area contributed by atoms with Gasteiger partial charge in [-0.3, -0.25) is 9.69 Å². The number of benzene rings is 3. The number of rotatable bonds is 6. The fraction of sp³-hybridized carbons (Fsp3) is 0.240. The number of hydrogen-bond donors (Lipinski definition) is 1. The Morgan fingerprint density at radius 2 is 1.72 bits per heavy atom. The molecule has 0 spiro atoms. The van der Waals surface area contributed by atoms with Crippen molar-refractivity contribution in [2.24, 2.45) is 0 Å². The topological polar surface area (TPSA) is 41.6 Å². The summed E-state index contributed by atoms with van der Waals surface area (Å²) in [6.45, 7) is 1.98. The zero-order valence-electron chi connectivity index (χ0n) is 16.7. The Bertz CT molecular complexity index is 937. The van der Waals surface area contributed by atoms with Crippen LogP contribution in [0.25, 0.3) is 0 Å². The SMILES string of the molecule is COc1ccc(C2CCCN2Cc2ccc(C(=O)Nc3ccccc3)cc2)cc1. The number of amides is 1. The smallest absolute Gasteiger partial charge is 0.255 e. The lowest BCUT2D eigenvalue weighted by Gasteiger charge is -2.25. The number of para-hydroxylation sites is 1. The summed E-state index contributed by atoms with van der Waals surface area (Å²) in [4.78, 5) is 14.9. The van der Waals surface area contributed by atoms with E-state index >= 15 is 0 Å². The first-order chi connectivity index (χ1) is 14.2. The molecule has 0 radical (unpaired) electrons. The second-order valence-electron chi connectivity index (χ2n) is 7.42. The van der Waals surface area contributed by atoms with E-state index < -0.39 is 0 Å². The quantitative estimate of drug-likeness (QED) is 0.626. The van der Waals surface area contributed by atoms with Gasteiger partial charge in [0.1, 0.15) is 5.75 Å². The summed E-state index contributed by atoms with van der Waals surface area (Å²) < 4.78 is 5.28. The molecule has 0 bridgehead atoms. The average molecular weight is 386 g/mol. The van der Waals surface area contributed by atoms with Crippen LogP contribution in [-0.4, -0.2) is 24.5 Å². The van der Waals surface area contributed by atoms with Crippen molar-refractivity contribution in [1.29, 1.82) is 0 Å². The lowest BCUT2D eigenvalue weighted by Crippen LogP contribution is -2.22. The number of nitrogens with one attached hydrogen (secondary N) is 1. The van der Waals surface area contributed by atoms with E-state index in [-0.39, 0.29) is 5.91 Å². The van der Waals surface area contributed by atoms with E-state index in [4.69, 9.17) is 4.74 Å². The minimum atomic E-state index is -0.0833.